The van der Waals surface area contributed by atoms with Gasteiger partial charge in [-0.1, -0.05) is 22.0 Å². The molecule has 8 heteroatoms. The number of benzene rings is 2. The minimum atomic E-state index is -0.668. The molecule has 0 spiro atoms. The topological polar surface area (TPSA) is 105 Å². The standard InChI is InChI=1S/C18H14BrN3O4/c1-11-3-5-15(22(24)25)9-16(11)21-18(23)13(10-20)7-12-8-14(19)4-6-17(12)26-2/h3-9H,1-2H3,(H,21,23)/b13-7+. The van der Waals surface area contributed by atoms with Crippen LogP contribution in [0.4, 0.5) is 11.4 Å². The highest BCUT2D eigenvalue weighted by Gasteiger charge is 2.15. The zero-order valence-corrected chi connectivity index (χ0v) is 15.5. The number of nitro benzene ring substituents is 1. The van der Waals surface area contributed by atoms with E-state index in [0.717, 1.165) is 4.47 Å². The number of amides is 1. The molecule has 0 aliphatic rings. The van der Waals surface area contributed by atoms with Crippen molar-refractivity contribution in [3.8, 4) is 11.8 Å². The zero-order valence-electron chi connectivity index (χ0n) is 13.9. The van der Waals surface area contributed by atoms with E-state index in [1.165, 1.54) is 31.4 Å². The number of hydrogen-bond donors (Lipinski definition) is 1. The van der Waals surface area contributed by atoms with Gasteiger partial charge in [-0.3, -0.25) is 14.9 Å². The van der Waals surface area contributed by atoms with E-state index in [0.29, 0.717) is 16.9 Å². The van der Waals surface area contributed by atoms with Crippen LogP contribution in [-0.2, 0) is 4.79 Å². The van der Waals surface area contributed by atoms with Crippen LogP contribution >= 0.6 is 15.9 Å². The summed E-state index contributed by atoms with van der Waals surface area (Å²) in [5.74, 6) is -0.168. The molecule has 0 aromatic heterocycles. The van der Waals surface area contributed by atoms with Crippen molar-refractivity contribution in [2.24, 2.45) is 0 Å². The monoisotopic (exact) mass is 415 g/mol. The van der Waals surface area contributed by atoms with Gasteiger partial charge in [-0.25, -0.2) is 0 Å². The maximum Gasteiger partial charge on any atom is 0.271 e. The summed E-state index contributed by atoms with van der Waals surface area (Å²) in [7, 11) is 1.49. The second-order valence-corrected chi connectivity index (χ2v) is 6.18. The number of nitrogens with zero attached hydrogens (tertiary/aromatic N) is 2. The summed E-state index contributed by atoms with van der Waals surface area (Å²) in [5, 5.41) is 22.8. The normalized spacial score (nSPS) is 10.8. The largest absolute Gasteiger partial charge is 0.496 e. The van der Waals surface area contributed by atoms with Crippen molar-refractivity contribution in [2.45, 2.75) is 6.92 Å². The first-order valence-electron chi connectivity index (χ1n) is 7.37. The Labute approximate surface area is 158 Å². The molecule has 0 unspecified atom stereocenters. The number of aryl methyl sites for hydroxylation is 1. The minimum absolute atomic E-state index is 0.151. The molecule has 26 heavy (non-hydrogen) atoms. The predicted octanol–water partition coefficient (Wildman–Crippen LogP) is 4.22. The van der Waals surface area contributed by atoms with Crippen molar-refractivity contribution in [3.05, 3.63) is 67.7 Å². The molecule has 0 saturated carbocycles. The second kappa shape index (κ2) is 8.27. The fraction of sp³-hybridized carbons (Fsp3) is 0.111. The molecule has 7 nitrogen and oxygen atoms in total. The molecule has 0 radical (unpaired) electrons. The number of halogens is 1. The van der Waals surface area contributed by atoms with E-state index < -0.39 is 10.8 Å². The molecule has 2 aromatic carbocycles. The van der Waals surface area contributed by atoms with Crippen LogP contribution in [-0.4, -0.2) is 17.9 Å². The first kappa shape index (κ1) is 19.1. The fourth-order valence-corrected chi connectivity index (χ4v) is 2.55. The van der Waals surface area contributed by atoms with Gasteiger partial charge in [0.1, 0.15) is 17.4 Å². The SMILES string of the molecule is COc1ccc(Br)cc1/C=C(\C#N)C(=O)Nc1cc([N+](=O)[O-])ccc1C. The van der Waals surface area contributed by atoms with Crippen molar-refractivity contribution < 1.29 is 14.5 Å². The van der Waals surface area contributed by atoms with Gasteiger partial charge in [0.25, 0.3) is 11.6 Å². The van der Waals surface area contributed by atoms with E-state index >= 15 is 0 Å². The number of nitriles is 1. The summed E-state index contributed by atoms with van der Waals surface area (Å²) in [6, 6.07) is 11.2. The van der Waals surface area contributed by atoms with Crippen molar-refractivity contribution in [3.63, 3.8) is 0 Å². The van der Waals surface area contributed by atoms with E-state index in [1.54, 1.807) is 25.1 Å². The summed E-state index contributed by atoms with van der Waals surface area (Å²) < 4.78 is 5.98. The number of anilines is 1. The third kappa shape index (κ3) is 4.46. The van der Waals surface area contributed by atoms with Gasteiger partial charge in [0.15, 0.2) is 0 Å². The van der Waals surface area contributed by atoms with Gasteiger partial charge >= 0.3 is 0 Å². The second-order valence-electron chi connectivity index (χ2n) is 5.27. The Morgan fingerprint density at radius 2 is 2.08 bits per heavy atom. The molecule has 2 rings (SSSR count). The van der Waals surface area contributed by atoms with Crippen molar-refractivity contribution >= 4 is 39.3 Å². The van der Waals surface area contributed by atoms with Gasteiger partial charge in [-0.15, -0.1) is 0 Å². The van der Waals surface area contributed by atoms with E-state index in [4.69, 9.17) is 4.74 Å². The van der Waals surface area contributed by atoms with Gasteiger partial charge in [0.05, 0.1) is 17.7 Å². The first-order chi connectivity index (χ1) is 12.3. The Morgan fingerprint density at radius 3 is 2.69 bits per heavy atom. The van der Waals surface area contributed by atoms with Crippen LogP contribution in [0.25, 0.3) is 6.08 Å². The van der Waals surface area contributed by atoms with Gasteiger partial charge in [0, 0.05) is 22.2 Å². The molecule has 0 fully saturated rings. The molecule has 1 N–H and O–H groups in total. The molecule has 132 valence electrons. The molecule has 0 heterocycles. The van der Waals surface area contributed by atoms with E-state index in [9.17, 15) is 20.2 Å². The number of methoxy groups -OCH3 is 1. The van der Waals surface area contributed by atoms with Gasteiger partial charge in [-0.2, -0.15) is 5.26 Å². The Bertz CT molecular complexity index is 948. The molecule has 0 aliphatic heterocycles. The lowest BCUT2D eigenvalue weighted by atomic mass is 10.1. The average Bonchev–Trinajstić information content (AvgIpc) is 2.61. The van der Waals surface area contributed by atoms with E-state index in [2.05, 4.69) is 21.2 Å². The lowest BCUT2D eigenvalue weighted by Gasteiger charge is -2.09. The van der Waals surface area contributed by atoms with E-state index in [1.807, 2.05) is 6.07 Å². The molecule has 0 atom stereocenters. The summed E-state index contributed by atoms with van der Waals surface area (Å²) in [6.07, 6.45) is 1.39. The number of nitro groups is 1. The lowest BCUT2D eigenvalue weighted by Crippen LogP contribution is -2.14. The Hall–Kier alpha value is -3.18. The smallest absolute Gasteiger partial charge is 0.271 e. The summed E-state index contributed by atoms with van der Waals surface area (Å²) in [5.41, 5.74) is 1.14. The summed E-state index contributed by atoms with van der Waals surface area (Å²) in [4.78, 5) is 22.8. The molecular weight excluding hydrogens is 402 g/mol. The fourth-order valence-electron chi connectivity index (χ4n) is 2.17. The third-order valence-corrected chi connectivity index (χ3v) is 4.03. The van der Waals surface area contributed by atoms with Crippen LogP contribution in [0.15, 0.2) is 46.4 Å². The highest BCUT2D eigenvalue weighted by Crippen LogP contribution is 2.26. The van der Waals surface area contributed by atoms with Crippen LogP contribution in [0.3, 0.4) is 0 Å². The predicted molar refractivity (Wildman–Crippen MR) is 101 cm³/mol. The highest BCUT2D eigenvalue weighted by molar-refractivity contribution is 9.10. The summed E-state index contributed by atoms with van der Waals surface area (Å²) in [6.45, 7) is 1.70. The van der Waals surface area contributed by atoms with Crippen LogP contribution in [0.1, 0.15) is 11.1 Å². The zero-order chi connectivity index (χ0) is 19.3. The molecule has 0 saturated heterocycles. The van der Waals surface area contributed by atoms with Crippen molar-refractivity contribution in [1.29, 1.82) is 5.26 Å². The number of hydrogen-bond acceptors (Lipinski definition) is 5. The Balaban J connectivity index is 2.36. The lowest BCUT2D eigenvalue weighted by molar-refractivity contribution is -0.384. The van der Waals surface area contributed by atoms with Gasteiger partial charge in [-0.05, 0) is 36.8 Å². The Kier molecular flexibility index (Phi) is 6.09. The highest BCUT2D eigenvalue weighted by atomic mass is 79.9. The van der Waals surface area contributed by atoms with Crippen LogP contribution in [0.2, 0.25) is 0 Å². The van der Waals surface area contributed by atoms with E-state index in [-0.39, 0.29) is 16.9 Å². The van der Waals surface area contributed by atoms with Crippen molar-refractivity contribution in [1.82, 2.24) is 0 Å². The quantitative estimate of drug-likeness (QED) is 0.340. The minimum Gasteiger partial charge on any atom is -0.496 e. The van der Waals surface area contributed by atoms with Crippen LogP contribution < -0.4 is 10.1 Å². The van der Waals surface area contributed by atoms with Crippen LogP contribution in [0, 0.1) is 28.4 Å². The molecule has 1 amide bonds. The molecule has 0 bridgehead atoms. The number of carbonyl (C=O) groups is 1. The number of non-ortho nitro benzene ring substituents is 1. The molecule has 0 aliphatic carbocycles. The third-order valence-electron chi connectivity index (χ3n) is 3.54. The molecular formula is C18H14BrN3O4. The summed E-state index contributed by atoms with van der Waals surface area (Å²) >= 11 is 3.33. The number of ether oxygens (including phenoxy) is 1. The first-order valence-corrected chi connectivity index (χ1v) is 8.16. The maximum atomic E-state index is 12.4. The molecule has 2 aromatic rings. The number of nitrogens with one attached hydrogen (secondary N) is 1. The van der Waals surface area contributed by atoms with Gasteiger partial charge in [0.2, 0.25) is 0 Å². The average molecular weight is 416 g/mol. The van der Waals surface area contributed by atoms with Crippen molar-refractivity contribution in [2.75, 3.05) is 12.4 Å². The van der Waals surface area contributed by atoms with Gasteiger partial charge < -0.3 is 10.1 Å². The number of rotatable bonds is 5. The number of carbonyl (C=O) groups excluding carboxylic acids is 1. The Morgan fingerprint density at radius 1 is 1.35 bits per heavy atom. The maximum absolute atomic E-state index is 12.4. The van der Waals surface area contributed by atoms with Crippen LogP contribution in [0.5, 0.6) is 5.75 Å².